The Labute approximate surface area is 89.9 Å². The van der Waals surface area contributed by atoms with Gasteiger partial charge in [-0.2, -0.15) is 0 Å². The fourth-order valence-corrected chi connectivity index (χ4v) is 1.26. The molecule has 0 aliphatic heterocycles. The summed E-state index contributed by atoms with van der Waals surface area (Å²) in [5.41, 5.74) is 5.48. The molecule has 0 aliphatic carbocycles. The number of nitrogens with two attached hydrogens (primary N) is 1. The van der Waals surface area contributed by atoms with Crippen LogP contribution in [0.3, 0.4) is 0 Å². The summed E-state index contributed by atoms with van der Waals surface area (Å²) in [4.78, 5) is 16.0. The number of amides is 1. The quantitative estimate of drug-likeness (QED) is 0.752. The van der Waals surface area contributed by atoms with Crippen LogP contribution >= 0.6 is 0 Å². The molecule has 1 heterocycles. The first-order valence-corrected chi connectivity index (χ1v) is 4.99. The van der Waals surface area contributed by atoms with Gasteiger partial charge in [0.05, 0.1) is 11.1 Å². The molecule has 0 saturated heterocycles. The summed E-state index contributed by atoms with van der Waals surface area (Å²) in [6, 6.07) is 5.56. The van der Waals surface area contributed by atoms with Crippen molar-refractivity contribution in [2.45, 2.75) is 19.3 Å². The van der Waals surface area contributed by atoms with Crippen molar-refractivity contribution in [3.8, 4) is 0 Å². The number of hydrogen-bond acceptors (Lipinski definition) is 3. The smallest absolute Gasteiger partial charge is 0.231 e. The van der Waals surface area contributed by atoms with E-state index in [1.165, 1.54) is 0 Å². The predicted octanol–water partition coefficient (Wildman–Crippen LogP) is 0.434. The van der Waals surface area contributed by atoms with Gasteiger partial charge in [0, 0.05) is 19.3 Å². The molecule has 0 aliphatic rings. The first-order chi connectivity index (χ1) is 7.09. The number of nitrogens with zero attached hydrogens (tertiary/aromatic N) is 1. The van der Waals surface area contributed by atoms with E-state index in [0.29, 0.717) is 13.1 Å². The van der Waals surface area contributed by atoms with E-state index in [1.807, 2.05) is 32.0 Å². The second-order valence-corrected chi connectivity index (χ2v) is 3.88. The Morgan fingerprint density at radius 2 is 2.27 bits per heavy atom. The summed E-state index contributed by atoms with van der Waals surface area (Å²) in [6.45, 7) is 4.64. The zero-order chi connectivity index (χ0) is 11.3. The highest BCUT2D eigenvalue weighted by molar-refractivity contribution is 5.86. The van der Waals surface area contributed by atoms with Gasteiger partial charge in [-0.1, -0.05) is 6.07 Å². The maximum absolute atomic E-state index is 11.8. The molecule has 4 nitrogen and oxygen atoms in total. The highest BCUT2D eigenvalue weighted by atomic mass is 16.2. The number of hydrogen-bond donors (Lipinski definition) is 2. The van der Waals surface area contributed by atoms with Crippen molar-refractivity contribution in [2.75, 3.05) is 13.1 Å². The molecule has 0 atom stereocenters. The molecule has 1 rings (SSSR count). The van der Waals surface area contributed by atoms with Crippen LogP contribution in [0, 0.1) is 0 Å². The first-order valence-electron chi connectivity index (χ1n) is 4.99. The van der Waals surface area contributed by atoms with Crippen molar-refractivity contribution in [2.24, 2.45) is 5.73 Å². The number of rotatable bonds is 4. The molecule has 0 aromatic carbocycles. The van der Waals surface area contributed by atoms with E-state index in [4.69, 9.17) is 5.73 Å². The van der Waals surface area contributed by atoms with E-state index in [9.17, 15) is 4.79 Å². The second-order valence-electron chi connectivity index (χ2n) is 3.88. The van der Waals surface area contributed by atoms with Crippen LogP contribution in [0.25, 0.3) is 0 Å². The average Bonchev–Trinajstić information content (AvgIpc) is 2.27. The van der Waals surface area contributed by atoms with Crippen LogP contribution in [0.5, 0.6) is 0 Å². The Morgan fingerprint density at radius 3 is 2.80 bits per heavy atom. The molecule has 0 fully saturated rings. The Morgan fingerprint density at radius 1 is 1.53 bits per heavy atom. The molecule has 0 unspecified atom stereocenters. The Balaban J connectivity index is 2.78. The van der Waals surface area contributed by atoms with Crippen LogP contribution in [0.4, 0.5) is 0 Å². The summed E-state index contributed by atoms with van der Waals surface area (Å²) in [5, 5.41) is 2.77. The van der Waals surface area contributed by atoms with Gasteiger partial charge in [0.25, 0.3) is 0 Å². The minimum absolute atomic E-state index is 0.0494. The van der Waals surface area contributed by atoms with Gasteiger partial charge >= 0.3 is 0 Å². The second kappa shape index (κ2) is 4.89. The Bertz CT molecular complexity index is 322. The molecule has 0 radical (unpaired) electrons. The molecule has 0 saturated carbocycles. The highest BCUT2D eigenvalue weighted by Gasteiger charge is 2.30. The molecule has 1 amide bonds. The van der Waals surface area contributed by atoms with Crippen molar-refractivity contribution >= 4 is 5.91 Å². The lowest BCUT2D eigenvalue weighted by Gasteiger charge is -2.22. The predicted molar refractivity (Wildman–Crippen MR) is 59.3 cm³/mol. The van der Waals surface area contributed by atoms with E-state index < -0.39 is 5.41 Å². The molecule has 3 N–H and O–H groups in total. The molecule has 1 aromatic rings. The number of aromatic nitrogens is 1. The molecule has 4 heteroatoms. The van der Waals surface area contributed by atoms with E-state index >= 15 is 0 Å². The third-order valence-electron chi connectivity index (χ3n) is 2.30. The molecule has 0 spiro atoms. The van der Waals surface area contributed by atoms with Crippen molar-refractivity contribution in [3.63, 3.8) is 0 Å². The van der Waals surface area contributed by atoms with E-state index in [-0.39, 0.29) is 5.91 Å². The summed E-state index contributed by atoms with van der Waals surface area (Å²) in [6.07, 6.45) is 1.69. The van der Waals surface area contributed by atoms with Gasteiger partial charge in [-0.25, -0.2) is 0 Å². The van der Waals surface area contributed by atoms with Crippen LogP contribution in [0.15, 0.2) is 24.4 Å². The maximum Gasteiger partial charge on any atom is 0.231 e. The Hall–Kier alpha value is -1.42. The van der Waals surface area contributed by atoms with Crippen LogP contribution in [0.2, 0.25) is 0 Å². The number of carbonyl (C=O) groups excluding carboxylic acids is 1. The van der Waals surface area contributed by atoms with Crippen molar-refractivity contribution < 1.29 is 4.79 Å². The number of carbonyl (C=O) groups is 1. The number of nitrogens with one attached hydrogen (secondary N) is 1. The molecule has 82 valence electrons. The third kappa shape index (κ3) is 2.76. The van der Waals surface area contributed by atoms with Crippen LogP contribution in [-0.4, -0.2) is 24.0 Å². The summed E-state index contributed by atoms with van der Waals surface area (Å²) in [7, 11) is 0. The summed E-state index contributed by atoms with van der Waals surface area (Å²) >= 11 is 0. The molecule has 0 bridgehead atoms. The maximum atomic E-state index is 11.8. The zero-order valence-electron chi connectivity index (χ0n) is 9.16. The fourth-order valence-electron chi connectivity index (χ4n) is 1.26. The molecular weight excluding hydrogens is 190 g/mol. The minimum Gasteiger partial charge on any atom is -0.354 e. The lowest BCUT2D eigenvalue weighted by Crippen LogP contribution is -2.42. The molecule has 15 heavy (non-hydrogen) atoms. The Kier molecular flexibility index (Phi) is 3.80. The number of pyridine rings is 1. The van der Waals surface area contributed by atoms with Crippen LogP contribution in [0.1, 0.15) is 19.5 Å². The minimum atomic E-state index is -0.615. The standard InChI is InChI=1S/C11H17N3O/c1-11(2,10(15)14-8-6-12)9-5-3-4-7-13-9/h3-5,7H,6,8,12H2,1-2H3,(H,14,15). The highest BCUT2D eigenvalue weighted by Crippen LogP contribution is 2.20. The summed E-state index contributed by atoms with van der Waals surface area (Å²) in [5.74, 6) is -0.0494. The van der Waals surface area contributed by atoms with Gasteiger partial charge in [0.15, 0.2) is 0 Å². The topological polar surface area (TPSA) is 68.0 Å². The average molecular weight is 207 g/mol. The third-order valence-corrected chi connectivity index (χ3v) is 2.30. The van der Waals surface area contributed by atoms with E-state index in [2.05, 4.69) is 10.3 Å². The largest absolute Gasteiger partial charge is 0.354 e. The zero-order valence-corrected chi connectivity index (χ0v) is 9.16. The van der Waals surface area contributed by atoms with E-state index in [1.54, 1.807) is 6.20 Å². The molecule has 1 aromatic heterocycles. The van der Waals surface area contributed by atoms with Gasteiger partial charge in [-0.15, -0.1) is 0 Å². The lowest BCUT2D eigenvalue weighted by atomic mass is 9.87. The van der Waals surface area contributed by atoms with E-state index in [0.717, 1.165) is 5.69 Å². The lowest BCUT2D eigenvalue weighted by molar-refractivity contribution is -0.125. The summed E-state index contributed by atoms with van der Waals surface area (Å²) < 4.78 is 0. The van der Waals surface area contributed by atoms with Crippen molar-refractivity contribution in [1.82, 2.24) is 10.3 Å². The van der Waals surface area contributed by atoms with Crippen LogP contribution < -0.4 is 11.1 Å². The normalized spacial score (nSPS) is 11.1. The van der Waals surface area contributed by atoms with Crippen molar-refractivity contribution in [3.05, 3.63) is 30.1 Å². The van der Waals surface area contributed by atoms with Crippen LogP contribution in [-0.2, 0) is 10.2 Å². The fraction of sp³-hybridized carbons (Fsp3) is 0.455. The first kappa shape index (κ1) is 11.7. The van der Waals surface area contributed by atoms with Gasteiger partial charge in [-0.05, 0) is 26.0 Å². The van der Waals surface area contributed by atoms with Gasteiger partial charge in [0.1, 0.15) is 0 Å². The SMILES string of the molecule is CC(C)(C(=O)NCCN)c1ccccn1. The van der Waals surface area contributed by atoms with Gasteiger partial charge in [0.2, 0.25) is 5.91 Å². The van der Waals surface area contributed by atoms with Crippen molar-refractivity contribution in [1.29, 1.82) is 0 Å². The van der Waals surface area contributed by atoms with Gasteiger partial charge in [-0.3, -0.25) is 9.78 Å². The van der Waals surface area contributed by atoms with Gasteiger partial charge < -0.3 is 11.1 Å². The molecular formula is C11H17N3O. The monoisotopic (exact) mass is 207 g/mol.